The molecule has 1 saturated heterocycles. The number of amides is 1. The van der Waals surface area contributed by atoms with Gasteiger partial charge in [-0.1, -0.05) is 0 Å². The van der Waals surface area contributed by atoms with Crippen molar-refractivity contribution >= 4 is 23.6 Å². The van der Waals surface area contributed by atoms with Crippen LogP contribution in [-0.2, 0) is 9.59 Å². The molecule has 0 aromatic rings. The summed E-state index contributed by atoms with van der Waals surface area (Å²) in [7, 11) is 0. The van der Waals surface area contributed by atoms with Gasteiger partial charge in [0.15, 0.2) is 6.10 Å². The van der Waals surface area contributed by atoms with Gasteiger partial charge in [0, 0.05) is 30.5 Å². The highest BCUT2D eigenvalue weighted by atomic mass is 32.2. The zero-order valence-corrected chi connectivity index (χ0v) is 9.63. The molecule has 0 aromatic heterocycles. The number of hydrogen-bond donors (Lipinski definition) is 4. The van der Waals surface area contributed by atoms with Crippen molar-refractivity contribution in [1.29, 1.82) is 0 Å². The summed E-state index contributed by atoms with van der Waals surface area (Å²) in [5.41, 5.74) is 0. The van der Waals surface area contributed by atoms with E-state index in [0.717, 1.165) is 18.1 Å². The Morgan fingerprint density at radius 1 is 1.56 bits per heavy atom. The van der Waals surface area contributed by atoms with E-state index in [1.54, 1.807) is 11.8 Å². The number of thioether (sulfide) groups is 1. The highest BCUT2D eigenvalue weighted by molar-refractivity contribution is 7.99. The molecule has 6 nitrogen and oxygen atoms in total. The van der Waals surface area contributed by atoms with Crippen LogP contribution in [0.2, 0.25) is 0 Å². The Balaban J connectivity index is 2.17. The number of aliphatic carboxylic acids is 1. The van der Waals surface area contributed by atoms with Gasteiger partial charge in [-0.05, 0) is 0 Å². The minimum atomic E-state index is -1.53. The molecular formula is C9H16N2O4S. The van der Waals surface area contributed by atoms with Gasteiger partial charge in [-0.15, -0.1) is 0 Å². The van der Waals surface area contributed by atoms with Gasteiger partial charge in [0.2, 0.25) is 5.91 Å². The molecule has 7 heteroatoms. The lowest BCUT2D eigenvalue weighted by Crippen LogP contribution is -2.43. The van der Waals surface area contributed by atoms with Crippen LogP contribution in [0.25, 0.3) is 0 Å². The van der Waals surface area contributed by atoms with E-state index in [0.29, 0.717) is 6.42 Å². The monoisotopic (exact) mass is 248 g/mol. The van der Waals surface area contributed by atoms with Crippen molar-refractivity contribution in [3.05, 3.63) is 0 Å². The van der Waals surface area contributed by atoms with Gasteiger partial charge < -0.3 is 20.8 Å². The van der Waals surface area contributed by atoms with E-state index >= 15 is 0 Å². The maximum atomic E-state index is 11.4. The Morgan fingerprint density at radius 3 is 2.88 bits per heavy atom. The van der Waals surface area contributed by atoms with E-state index in [1.165, 1.54) is 0 Å². The number of aliphatic hydroxyl groups excluding tert-OH is 1. The second-order valence-corrected chi connectivity index (χ2v) is 4.74. The molecule has 16 heavy (non-hydrogen) atoms. The van der Waals surface area contributed by atoms with E-state index in [9.17, 15) is 9.59 Å². The molecule has 2 atom stereocenters. The van der Waals surface area contributed by atoms with E-state index in [2.05, 4.69) is 10.6 Å². The number of nitrogens with one attached hydrogen (secondary N) is 2. The molecule has 0 aromatic carbocycles. The minimum Gasteiger partial charge on any atom is -0.479 e. The number of rotatable bonds is 5. The van der Waals surface area contributed by atoms with Crippen LogP contribution in [0.15, 0.2) is 0 Å². The summed E-state index contributed by atoms with van der Waals surface area (Å²) in [6.45, 7) is 0.647. The van der Waals surface area contributed by atoms with Crippen molar-refractivity contribution in [2.24, 2.45) is 0 Å². The predicted molar refractivity (Wildman–Crippen MR) is 60.4 cm³/mol. The first kappa shape index (κ1) is 13.3. The quantitative estimate of drug-likeness (QED) is 0.480. The highest BCUT2D eigenvalue weighted by Gasteiger charge is 2.18. The summed E-state index contributed by atoms with van der Waals surface area (Å²) in [5.74, 6) is 0.372. The zero-order valence-electron chi connectivity index (χ0n) is 8.81. The second kappa shape index (κ2) is 6.72. The first-order valence-electron chi connectivity index (χ1n) is 5.08. The number of carbonyl (C=O) groups is 2. The SMILES string of the molecule is O=C(CC1CSCCN1)NC[C@H](O)C(=O)O. The normalized spacial score (nSPS) is 22.4. The van der Waals surface area contributed by atoms with Crippen molar-refractivity contribution in [3.8, 4) is 0 Å². The third kappa shape index (κ3) is 4.82. The summed E-state index contributed by atoms with van der Waals surface area (Å²) in [5, 5.41) is 22.9. The number of aliphatic hydroxyl groups is 1. The van der Waals surface area contributed by atoms with Crippen LogP contribution in [0.3, 0.4) is 0 Å². The fraction of sp³-hybridized carbons (Fsp3) is 0.778. The fourth-order valence-electron chi connectivity index (χ4n) is 1.34. The average molecular weight is 248 g/mol. The smallest absolute Gasteiger partial charge is 0.334 e. The molecule has 1 fully saturated rings. The number of carboxylic acids is 1. The van der Waals surface area contributed by atoms with Gasteiger partial charge in [-0.25, -0.2) is 4.79 Å². The molecule has 1 unspecified atom stereocenters. The van der Waals surface area contributed by atoms with Crippen LogP contribution in [-0.4, -0.2) is 58.8 Å². The minimum absolute atomic E-state index is 0.140. The highest BCUT2D eigenvalue weighted by Crippen LogP contribution is 2.09. The second-order valence-electron chi connectivity index (χ2n) is 3.59. The van der Waals surface area contributed by atoms with Gasteiger partial charge >= 0.3 is 5.97 Å². The van der Waals surface area contributed by atoms with E-state index in [-0.39, 0.29) is 18.5 Å². The van der Waals surface area contributed by atoms with Crippen LogP contribution in [0.5, 0.6) is 0 Å². The van der Waals surface area contributed by atoms with Crippen molar-refractivity contribution < 1.29 is 19.8 Å². The number of carboxylic acid groups (broad SMARTS) is 1. The summed E-state index contributed by atoms with van der Waals surface area (Å²) < 4.78 is 0. The molecule has 1 heterocycles. The molecule has 0 aliphatic carbocycles. The molecule has 1 aliphatic heterocycles. The summed E-state index contributed by atoms with van der Waals surface area (Å²) in [6, 6.07) is 0.140. The summed E-state index contributed by atoms with van der Waals surface area (Å²) >= 11 is 1.79. The number of hydrogen-bond acceptors (Lipinski definition) is 5. The Labute approximate surface area is 97.8 Å². The third-order valence-electron chi connectivity index (χ3n) is 2.21. The fourth-order valence-corrected chi connectivity index (χ4v) is 2.29. The summed E-state index contributed by atoms with van der Waals surface area (Å²) in [6.07, 6.45) is -1.21. The Bertz CT molecular complexity index is 256. The van der Waals surface area contributed by atoms with E-state index in [1.807, 2.05) is 0 Å². The van der Waals surface area contributed by atoms with Crippen molar-refractivity contribution in [3.63, 3.8) is 0 Å². The average Bonchev–Trinajstić information content (AvgIpc) is 2.27. The third-order valence-corrected chi connectivity index (χ3v) is 3.34. The Hall–Kier alpha value is -0.790. The molecule has 1 rings (SSSR count). The maximum absolute atomic E-state index is 11.4. The predicted octanol–water partition coefficient (Wildman–Crippen LogP) is -1.36. The Morgan fingerprint density at radius 2 is 2.31 bits per heavy atom. The molecule has 1 aliphatic rings. The van der Waals surface area contributed by atoms with Crippen molar-refractivity contribution in [2.75, 3.05) is 24.6 Å². The van der Waals surface area contributed by atoms with Crippen molar-refractivity contribution in [1.82, 2.24) is 10.6 Å². The van der Waals surface area contributed by atoms with Crippen LogP contribution in [0.4, 0.5) is 0 Å². The molecule has 0 bridgehead atoms. The first-order chi connectivity index (χ1) is 7.59. The molecule has 0 saturated carbocycles. The number of carbonyl (C=O) groups excluding carboxylic acids is 1. The molecule has 4 N–H and O–H groups in total. The molecule has 92 valence electrons. The zero-order chi connectivity index (χ0) is 12.0. The molecule has 0 radical (unpaired) electrons. The van der Waals surface area contributed by atoms with Crippen molar-refractivity contribution in [2.45, 2.75) is 18.6 Å². The van der Waals surface area contributed by atoms with Crippen LogP contribution in [0, 0.1) is 0 Å². The van der Waals surface area contributed by atoms with Gasteiger partial charge in [0.25, 0.3) is 0 Å². The van der Waals surface area contributed by atoms with Gasteiger partial charge in [0.05, 0.1) is 6.54 Å². The summed E-state index contributed by atoms with van der Waals surface area (Å²) in [4.78, 5) is 21.7. The molecule has 1 amide bonds. The van der Waals surface area contributed by atoms with E-state index in [4.69, 9.17) is 10.2 Å². The molecular weight excluding hydrogens is 232 g/mol. The van der Waals surface area contributed by atoms with E-state index < -0.39 is 12.1 Å². The lowest BCUT2D eigenvalue weighted by atomic mass is 10.2. The lowest BCUT2D eigenvalue weighted by Gasteiger charge is -2.22. The van der Waals surface area contributed by atoms with Crippen LogP contribution in [0.1, 0.15) is 6.42 Å². The van der Waals surface area contributed by atoms with Gasteiger partial charge in [0.1, 0.15) is 0 Å². The van der Waals surface area contributed by atoms with Gasteiger partial charge in [-0.2, -0.15) is 11.8 Å². The lowest BCUT2D eigenvalue weighted by molar-refractivity contribution is -0.146. The molecule has 0 spiro atoms. The maximum Gasteiger partial charge on any atom is 0.334 e. The largest absolute Gasteiger partial charge is 0.479 e. The standard InChI is InChI=1S/C9H16N2O4S/c12-7(9(14)15)4-11-8(13)3-6-5-16-2-1-10-6/h6-7,10,12H,1-5H2,(H,11,13)(H,14,15)/t6?,7-/m0/s1. The van der Waals surface area contributed by atoms with Gasteiger partial charge in [-0.3, -0.25) is 4.79 Å². The van der Waals surface area contributed by atoms with Crippen LogP contribution < -0.4 is 10.6 Å². The topological polar surface area (TPSA) is 98.7 Å². The van der Waals surface area contributed by atoms with Crippen LogP contribution >= 0.6 is 11.8 Å². The Kier molecular flexibility index (Phi) is 5.58. The first-order valence-corrected chi connectivity index (χ1v) is 6.23.